The van der Waals surface area contributed by atoms with Gasteiger partial charge in [0.25, 0.3) is 5.91 Å². The van der Waals surface area contributed by atoms with E-state index < -0.39 is 36.1 Å². The van der Waals surface area contributed by atoms with E-state index in [0.29, 0.717) is 36.7 Å². The van der Waals surface area contributed by atoms with Crippen molar-refractivity contribution in [2.24, 2.45) is 0 Å². The normalized spacial score (nSPS) is 14.2. The van der Waals surface area contributed by atoms with Gasteiger partial charge in [0, 0.05) is 12.3 Å². The maximum atomic E-state index is 13.8. The van der Waals surface area contributed by atoms with E-state index in [1.807, 2.05) is 0 Å². The van der Waals surface area contributed by atoms with Gasteiger partial charge in [0.2, 0.25) is 0 Å². The lowest BCUT2D eigenvalue weighted by molar-refractivity contribution is -0.137. The van der Waals surface area contributed by atoms with E-state index in [0.717, 1.165) is 5.56 Å². The number of alkyl halides is 3. The number of carbonyl (C=O) groups excluding carboxylic acids is 1. The lowest BCUT2D eigenvalue weighted by atomic mass is 9.73. The summed E-state index contributed by atoms with van der Waals surface area (Å²) >= 11 is 0. The van der Waals surface area contributed by atoms with Crippen LogP contribution in [0.4, 0.5) is 23.2 Å². The topological polar surface area (TPSA) is 58.6 Å². The van der Waals surface area contributed by atoms with E-state index >= 15 is 0 Å². The molecule has 3 rings (SSSR count). The molecule has 9 heteroatoms. The maximum absolute atomic E-state index is 13.8. The molecule has 0 aromatic heterocycles. The van der Waals surface area contributed by atoms with Crippen LogP contribution in [0.1, 0.15) is 21.5 Å². The largest absolute Gasteiger partial charge is 0.491 e. The molecule has 0 saturated carbocycles. The molecule has 0 spiro atoms. The molecule has 1 heterocycles. The fourth-order valence-electron chi connectivity index (χ4n) is 2.57. The molecule has 0 unspecified atom stereocenters. The summed E-state index contributed by atoms with van der Waals surface area (Å²) in [5.74, 6) is -2.08. The minimum atomic E-state index is -4.68. The average Bonchev–Trinajstić information content (AvgIpc) is 2.55. The van der Waals surface area contributed by atoms with Gasteiger partial charge in [0.15, 0.2) is 0 Å². The maximum Gasteiger partial charge on any atom is 0.491 e. The van der Waals surface area contributed by atoms with Gasteiger partial charge < -0.3 is 15.0 Å². The number of hydrogen-bond donors (Lipinski definition) is 2. The van der Waals surface area contributed by atoms with Crippen molar-refractivity contribution in [2.75, 3.05) is 11.9 Å². The molecule has 25 heavy (non-hydrogen) atoms. The van der Waals surface area contributed by atoms with Crippen molar-refractivity contribution in [2.45, 2.75) is 12.6 Å². The quantitative estimate of drug-likeness (QED) is 0.644. The molecule has 1 aliphatic rings. The summed E-state index contributed by atoms with van der Waals surface area (Å²) in [6.45, 7) is 0.356. The fraction of sp³-hybridized carbons (Fsp3) is 0.188. The molecule has 2 aromatic carbocycles. The van der Waals surface area contributed by atoms with Gasteiger partial charge in [-0.3, -0.25) is 4.79 Å². The Kier molecular flexibility index (Phi) is 4.53. The molecule has 0 bridgehead atoms. The molecule has 0 fully saturated rings. The van der Waals surface area contributed by atoms with Crippen LogP contribution in [0.15, 0.2) is 36.4 Å². The van der Waals surface area contributed by atoms with Gasteiger partial charge in [-0.1, -0.05) is 6.07 Å². The van der Waals surface area contributed by atoms with Gasteiger partial charge in [0.05, 0.1) is 11.1 Å². The van der Waals surface area contributed by atoms with Crippen LogP contribution in [-0.4, -0.2) is 24.7 Å². The Hall–Kier alpha value is -2.39. The molecule has 0 aliphatic carbocycles. The number of rotatable bonds is 2. The van der Waals surface area contributed by atoms with Crippen LogP contribution >= 0.6 is 0 Å². The Morgan fingerprint density at radius 3 is 2.68 bits per heavy atom. The first-order valence-electron chi connectivity index (χ1n) is 7.36. The summed E-state index contributed by atoms with van der Waals surface area (Å²) in [6.07, 6.45) is -4.10. The fourth-order valence-corrected chi connectivity index (χ4v) is 2.57. The highest BCUT2D eigenvalue weighted by molar-refractivity contribution is 6.61. The predicted molar refractivity (Wildman–Crippen MR) is 83.1 cm³/mol. The third-order valence-corrected chi connectivity index (χ3v) is 3.86. The number of halogens is 4. The summed E-state index contributed by atoms with van der Waals surface area (Å²) in [5, 5.41) is 12.1. The van der Waals surface area contributed by atoms with Crippen LogP contribution in [0.3, 0.4) is 0 Å². The summed E-state index contributed by atoms with van der Waals surface area (Å²) < 4.78 is 57.0. The summed E-state index contributed by atoms with van der Waals surface area (Å²) in [4.78, 5) is 12.2. The van der Waals surface area contributed by atoms with Gasteiger partial charge in [0.1, 0.15) is 5.82 Å². The first-order chi connectivity index (χ1) is 11.8. The second-order valence-electron chi connectivity index (χ2n) is 5.53. The Labute approximate surface area is 140 Å². The number of hydrogen-bond acceptors (Lipinski definition) is 3. The number of fused-ring (bicyclic) bond motifs is 1. The van der Waals surface area contributed by atoms with Crippen LogP contribution in [-0.2, 0) is 17.3 Å². The van der Waals surface area contributed by atoms with E-state index in [2.05, 4.69) is 5.32 Å². The van der Waals surface area contributed by atoms with Crippen LogP contribution in [0.5, 0.6) is 0 Å². The third kappa shape index (κ3) is 3.67. The zero-order chi connectivity index (χ0) is 18.2. The van der Waals surface area contributed by atoms with Gasteiger partial charge in [-0.25, -0.2) is 4.39 Å². The molecular weight excluding hydrogens is 341 g/mol. The Morgan fingerprint density at radius 2 is 1.96 bits per heavy atom. The van der Waals surface area contributed by atoms with Crippen molar-refractivity contribution in [1.29, 1.82) is 0 Å². The Balaban J connectivity index is 1.87. The highest BCUT2D eigenvalue weighted by Gasteiger charge is 2.32. The molecule has 0 saturated heterocycles. The van der Waals surface area contributed by atoms with Gasteiger partial charge in [-0.05, 0) is 47.8 Å². The first kappa shape index (κ1) is 17.4. The second kappa shape index (κ2) is 6.49. The molecule has 0 radical (unpaired) electrons. The van der Waals surface area contributed by atoms with Crippen molar-refractivity contribution in [1.82, 2.24) is 0 Å². The van der Waals surface area contributed by atoms with Crippen molar-refractivity contribution < 1.29 is 32.0 Å². The summed E-state index contributed by atoms with van der Waals surface area (Å²) in [7, 11) is -1.15. The van der Waals surface area contributed by atoms with E-state index in [1.54, 1.807) is 6.07 Å². The highest BCUT2D eigenvalue weighted by atomic mass is 19.4. The van der Waals surface area contributed by atoms with Crippen LogP contribution in [0.2, 0.25) is 0 Å². The van der Waals surface area contributed by atoms with E-state index in [4.69, 9.17) is 4.65 Å². The molecule has 130 valence electrons. The highest BCUT2D eigenvalue weighted by Crippen LogP contribution is 2.30. The minimum absolute atomic E-state index is 0.213. The van der Waals surface area contributed by atoms with Crippen molar-refractivity contribution >= 4 is 24.2 Å². The van der Waals surface area contributed by atoms with E-state index in [9.17, 15) is 27.4 Å². The van der Waals surface area contributed by atoms with E-state index in [-0.39, 0.29) is 5.69 Å². The van der Waals surface area contributed by atoms with Crippen molar-refractivity contribution in [3.05, 3.63) is 58.9 Å². The smallest absolute Gasteiger partial charge is 0.423 e. The summed E-state index contributed by atoms with van der Waals surface area (Å²) in [6, 6.07) is 6.27. The van der Waals surface area contributed by atoms with Gasteiger partial charge in [-0.2, -0.15) is 13.2 Å². The molecule has 4 nitrogen and oxygen atoms in total. The summed E-state index contributed by atoms with van der Waals surface area (Å²) in [5.41, 5.74) is -0.335. The van der Waals surface area contributed by atoms with Crippen LogP contribution in [0.25, 0.3) is 0 Å². The molecular formula is C16H12BF4NO3. The van der Waals surface area contributed by atoms with E-state index in [1.165, 1.54) is 12.1 Å². The SMILES string of the molecule is O=C(Nc1ccc2c(c1)B(O)OCC2)c1cc(C(F)(F)F)ccc1F. The lowest BCUT2D eigenvalue weighted by Crippen LogP contribution is -2.41. The van der Waals surface area contributed by atoms with Gasteiger partial charge >= 0.3 is 13.3 Å². The number of nitrogens with one attached hydrogen (secondary N) is 1. The lowest BCUT2D eigenvalue weighted by Gasteiger charge is -2.20. The predicted octanol–water partition coefficient (Wildman–Crippen LogP) is 2.36. The number of benzene rings is 2. The molecule has 2 N–H and O–H groups in total. The monoisotopic (exact) mass is 353 g/mol. The second-order valence-corrected chi connectivity index (χ2v) is 5.53. The van der Waals surface area contributed by atoms with Crippen LogP contribution in [0, 0.1) is 5.82 Å². The molecule has 0 atom stereocenters. The minimum Gasteiger partial charge on any atom is -0.423 e. The van der Waals surface area contributed by atoms with Gasteiger partial charge in [-0.15, -0.1) is 0 Å². The Bertz CT molecular complexity index is 826. The van der Waals surface area contributed by atoms with Crippen LogP contribution < -0.4 is 10.8 Å². The standard InChI is InChI=1S/C16H12BF4NO3/c18-14-4-2-10(16(19,20)21)7-12(14)15(23)22-11-3-1-9-5-6-25-17(24)13(9)8-11/h1-4,7-8,24H,5-6H2,(H,22,23). The zero-order valence-electron chi connectivity index (χ0n) is 12.7. The van der Waals surface area contributed by atoms with Crippen molar-refractivity contribution in [3.63, 3.8) is 0 Å². The molecule has 1 amide bonds. The number of anilines is 1. The average molecular weight is 353 g/mol. The Morgan fingerprint density at radius 1 is 1.20 bits per heavy atom. The zero-order valence-corrected chi connectivity index (χ0v) is 12.7. The molecule has 2 aromatic rings. The molecule has 1 aliphatic heterocycles. The third-order valence-electron chi connectivity index (χ3n) is 3.86. The number of carbonyl (C=O) groups is 1. The number of amides is 1. The first-order valence-corrected chi connectivity index (χ1v) is 7.36. The van der Waals surface area contributed by atoms with Crippen molar-refractivity contribution in [3.8, 4) is 0 Å².